The summed E-state index contributed by atoms with van der Waals surface area (Å²) < 4.78 is -1.01. The molecule has 0 spiro atoms. The minimum atomic E-state index is -2.22. The smallest absolute Gasteiger partial charge is 0.335 e. The van der Waals surface area contributed by atoms with Crippen LogP contribution in [-0.4, -0.2) is 62.5 Å². The second kappa shape index (κ2) is 22.7. The van der Waals surface area contributed by atoms with Crippen molar-refractivity contribution in [3.8, 4) is 0 Å². The zero-order chi connectivity index (χ0) is 28.7. The molecule has 0 saturated heterocycles. The number of thiol groups is 2. The number of carboxylic acid groups (broad SMARTS) is 1. The molecule has 214 valence electrons. The average Bonchev–Trinajstić information content (AvgIpc) is 2.88. The average molecular weight is 569 g/mol. The topological polar surface area (TPSA) is 136 Å². The number of carboxylic acids is 1. The van der Waals surface area contributed by atoms with E-state index in [2.05, 4.69) is 104 Å². The number of aliphatic carboxylic acids is 1. The van der Waals surface area contributed by atoms with Gasteiger partial charge in [-0.05, 0) is 51.4 Å². The predicted octanol–water partition coefficient (Wildman–Crippen LogP) is 3.89. The van der Waals surface area contributed by atoms with Gasteiger partial charge in [-0.3, -0.25) is 9.59 Å². The van der Waals surface area contributed by atoms with Gasteiger partial charge >= 0.3 is 5.97 Å². The van der Waals surface area contributed by atoms with Crippen LogP contribution < -0.4 is 10.6 Å². The third kappa shape index (κ3) is 20.7. The van der Waals surface area contributed by atoms with Gasteiger partial charge in [0.1, 0.15) is 0 Å². The lowest BCUT2D eigenvalue weighted by atomic mass is 10.2. The van der Waals surface area contributed by atoms with E-state index in [1.807, 2.05) is 0 Å². The number of carbonyl (C=O) groups excluding carboxylic acids is 2. The monoisotopic (exact) mass is 568 g/mol. The Hall–Kier alpha value is -2.27. The van der Waals surface area contributed by atoms with Crippen molar-refractivity contribution in [3.05, 3.63) is 60.8 Å². The number of nitrogens with one attached hydrogen (secondary N) is 2. The molecule has 0 aliphatic carbocycles. The van der Waals surface area contributed by atoms with Gasteiger partial charge < -0.3 is 26.0 Å². The van der Waals surface area contributed by atoms with Crippen LogP contribution in [0.5, 0.6) is 0 Å². The van der Waals surface area contributed by atoms with E-state index in [0.717, 1.165) is 44.9 Å². The summed E-state index contributed by atoms with van der Waals surface area (Å²) in [5.74, 6) is -2.86. The molecule has 0 fully saturated rings. The van der Waals surface area contributed by atoms with Gasteiger partial charge in [-0.1, -0.05) is 67.7 Å². The predicted molar refractivity (Wildman–Crippen MR) is 159 cm³/mol. The SMILES string of the molecule is CC/C=C\C/C=C\C/C=C\C/C=C\C/C=C\CCCC(=O)NCCC(S)(S)CNC(=O)[C@H](O)[C@@H](O)C(=O)O. The van der Waals surface area contributed by atoms with Crippen LogP contribution in [0.2, 0.25) is 0 Å². The van der Waals surface area contributed by atoms with E-state index in [0.29, 0.717) is 12.8 Å². The first-order valence-electron chi connectivity index (χ1n) is 12.9. The highest BCUT2D eigenvalue weighted by Crippen LogP contribution is 2.22. The standard InChI is InChI=1S/C28H44N2O6S2/c1-2-3-4-5-6-7-8-9-10-11-12-13-14-15-16-17-18-19-23(31)29-21-20-28(37,38)22-30-26(34)24(32)25(33)27(35)36/h3-4,6-7,9-10,12-13,15-16,24-25,32-33,37-38H,2,5,8,11,14,17-22H2,1H3,(H,29,31)(H,30,34)(H,35,36)/b4-3-,7-6-,10-9-,13-12-,16-15-/t24-,25-/m1/s1. The summed E-state index contributed by atoms with van der Waals surface area (Å²) in [6, 6.07) is 0. The molecule has 5 N–H and O–H groups in total. The van der Waals surface area contributed by atoms with E-state index in [-0.39, 0.29) is 19.0 Å². The minimum Gasteiger partial charge on any atom is -0.479 e. The van der Waals surface area contributed by atoms with Crippen LogP contribution in [0.4, 0.5) is 0 Å². The summed E-state index contributed by atoms with van der Waals surface area (Å²) in [4.78, 5) is 34.3. The van der Waals surface area contributed by atoms with Crippen molar-refractivity contribution in [2.24, 2.45) is 0 Å². The first kappa shape index (κ1) is 35.7. The van der Waals surface area contributed by atoms with Crippen LogP contribution in [-0.2, 0) is 14.4 Å². The maximum atomic E-state index is 12.0. The molecular formula is C28H44N2O6S2. The third-order valence-electron chi connectivity index (χ3n) is 5.15. The van der Waals surface area contributed by atoms with Gasteiger partial charge in [-0.25, -0.2) is 4.79 Å². The Kier molecular flexibility index (Phi) is 21.3. The number of aliphatic hydroxyl groups is 2. The molecule has 0 bridgehead atoms. The van der Waals surface area contributed by atoms with Gasteiger partial charge in [-0.15, -0.1) is 0 Å². The molecule has 38 heavy (non-hydrogen) atoms. The van der Waals surface area contributed by atoms with Crippen molar-refractivity contribution in [1.29, 1.82) is 0 Å². The molecule has 10 heteroatoms. The summed E-state index contributed by atoms with van der Waals surface area (Å²) in [5.41, 5.74) is 0. The largest absolute Gasteiger partial charge is 0.479 e. The Morgan fingerprint density at radius 3 is 1.79 bits per heavy atom. The highest BCUT2D eigenvalue weighted by Gasteiger charge is 2.31. The molecule has 2 amide bonds. The summed E-state index contributed by atoms with van der Waals surface area (Å²) in [7, 11) is 0. The Balaban J connectivity index is 3.88. The highest BCUT2D eigenvalue weighted by atomic mass is 32.2. The fourth-order valence-corrected chi connectivity index (χ4v) is 3.32. The maximum absolute atomic E-state index is 12.0. The fourth-order valence-electron chi connectivity index (χ4n) is 2.94. The number of allylic oxidation sites excluding steroid dienone is 10. The van der Waals surface area contributed by atoms with Crippen LogP contribution in [0.25, 0.3) is 0 Å². The maximum Gasteiger partial charge on any atom is 0.335 e. The third-order valence-corrected chi connectivity index (χ3v) is 5.91. The molecule has 8 nitrogen and oxygen atoms in total. The zero-order valence-electron chi connectivity index (χ0n) is 22.2. The van der Waals surface area contributed by atoms with E-state index < -0.39 is 28.2 Å². The molecule has 0 radical (unpaired) electrons. The summed E-state index contributed by atoms with van der Waals surface area (Å²) in [6.45, 7) is 2.30. The van der Waals surface area contributed by atoms with Crippen LogP contribution in [0.1, 0.15) is 64.7 Å². The van der Waals surface area contributed by atoms with Gasteiger partial charge in [0.2, 0.25) is 5.91 Å². The van der Waals surface area contributed by atoms with Crippen molar-refractivity contribution in [2.45, 2.75) is 81.0 Å². The molecule has 0 rings (SSSR count). The summed E-state index contributed by atoms with van der Waals surface area (Å²) in [6.07, 6.45) is 24.1. The van der Waals surface area contributed by atoms with E-state index in [9.17, 15) is 24.6 Å². The van der Waals surface area contributed by atoms with E-state index in [1.54, 1.807) is 0 Å². The van der Waals surface area contributed by atoms with Crippen LogP contribution >= 0.6 is 25.3 Å². The highest BCUT2D eigenvalue weighted by molar-refractivity contribution is 8.00. The number of amides is 2. The van der Waals surface area contributed by atoms with E-state index >= 15 is 0 Å². The van der Waals surface area contributed by atoms with Crippen LogP contribution in [0, 0.1) is 0 Å². The number of unbranched alkanes of at least 4 members (excludes halogenated alkanes) is 1. The van der Waals surface area contributed by atoms with Crippen molar-refractivity contribution < 1.29 is 29.7 Å². The molecule has 2 atom stereocenters. The van der Waals surface area contributed by atoms with Crippen molar-refractivity contribution in [1.82, 2.24) is 10.6 Å². The van der Waals surface area contributed by atoms with Gasteiger partial charge in [0.15, 0.2) is 12.2 Å². The normalized spacial score (nSPS) is 14.2. The second-order valence-electron chi connectivity index (χ2n) is 8.63. The van der Waals surface area contributed by atoms with Gasteiger partial charge in [0.25, 0.3) is 5.91 Å². The molecule has 0 aromatic heterocycles. The quantitative estimate of drug-likeness (QED) is 0.0486. The van der Waals surface area contributed by atoms with Gasteiger partial charge in [0, 0.05) is 19.5 Å². The molecule has 0 heterocycles. The molecule has 0 aliphatic heterocycles. The number of hydrogen-bond acceptors (Lipinski definition) is 7. The summed E-state index contributed by atoms with van der Waals surface area (Å²) >= 11 is 8.62. The van der Waals surface area contributed by atoms with Crippen LogP contribution in [0.15, 0.2) is 60.8 Å². The number of hydrogen-bond donors (Lipinski definition) is 7. The second-order valence-corrected chi connectivity index (χ2v) is 10.7. The summed E-state index contributed by atoms with van der Waals surface area (Å²) in [5, 5.41) is 32.4. The Labute approximate surface area is 237 Å². The molecular weight excluding hydrogens is 524 g/mol. The zero-order valence-corrected chi connectivity index (χ0v) is 24.0. The lowest BCUT2D eigenvalue weighted by Crippen LogP contribution is -2.48. The molecule has 0 unspecified atom stereocenters. The van der Waals surface area contributed by atoms with Crippen molar-refractivity contribution in [2.75, 3.05) is 13.1 Å². The number of carbonyl (C=O) groups is 3. The lowest BCUT2D eigenvalue weighted by molar-refractivity contribution is -0.158. The van der Waals surface area contributed by atoms with Crippen molar-refractivity contribution >= 4 is 43.0 Å². The van der Waals surface area contributed by atoms with Crippen LogP contribution in [0.3, 0.4) is 0 Å². The van der Waals surface area contributed by atoms with E-state index in [4.69, 9.17) is 5.11 Å². The Morgan fingerprint density at radius 1 is 0.789 bits per heavy atom. The van der Waals surface area contributed by atoms with Gasteiger partial charge in [0.05, 0.1) is 4.08 Å². The Morgan fingerprint density at radius 2 is 1.29 bits per heavy atom. The lowest BCUT2D eigenvalue weighted by Gasteiger charge is -2.24. The fraction of sp³-hybridized carbons (Fsp3) is 0.536. The molecule has 0 aliphatic rings. The molecule has 0 aromatic rings. The first-order valence-corrected chi connectivity index (χ1v) is 13.8. The van der Waals surface area contributed by atoms with Crippen molar-refractivity contribution in [3.63, 3.8) is 0 Å². The minimum absolute atomic E-state index is 0.0983. The molecule has 0 saturated carbocycles. The number of rotatable bonds is 21. The molecule has 0 aromatic carbocycles. The number of aliphatic hydroxyl groups excluding tert-OH is 2. The first-order chi connectivity index (χ1) is 18.1. The van der Waals surface area contributed by atoms with Gasteiger partial charge in [-0.2, -0.15) is 25.3 Å². The Bertz CT molecular complexity index is 837. The van der Waals surface area contributed by atoms with E-state index in [1.165, 1.54) is 0 Å².